The molecule has 0 amide bonds. The molecule has 0 aromatic heterocycles. The van der Waals surface area contributed by atoms with Crippen molar-refractivity contribution in [1.82, 2.24) is 0 Å². The van der Waals surface area contributed by atoms with E-state index in [0.717, 1.165) is 0 Å². The minimum Gasteiger partial charge on any atom is -0.491 e. The van der Waals surface area contributed by atoms with Crippen molar-refractivity contribution in [3.05, 3.63) is 29.8 Å². The van der Waals surface area contributed by atoms with Gasteiger partial charge in [-0.25, -0.2) is 0 Å². The van der Waals surface area contributed by atoms with Crippen molar-refractivity contribution in [3.63, 3.8) is 0 Å². The molecule has 1 aromatic carbocycles. The van der Waals surface area contributed by atoms with E-state index in [-0.39, 0.29) is 6.61 Å². The van der Waals surface area contributed by atoms with Crippen LogP contribution < -0.4 is 10.5 Å². The second-order valence-corrected chi connectivity index (χ2v) is 5.09. The minimum absolute atomic E-state index is 0.0286. The van der Waals surface area contributed by atoms with Gasteiger partial charge >= 0.3 is 5.97 Å². The fourth-order valence-electron chi connectivity index (χ4n) is 1.26. The third-order valence-electron chi connectivity index (χ3n) is 2.12. The minimum atomic E-state index is -0.838. The fraction of sp³-hybridized carbons (Fsp3) is 0.429. The standard InChI is InChI=1S/C14H18N2O3/c1-14(2,3)19-13(17)12(16)9-18-11-6-4-10(8-15)5-7-11/h4-7,12H,9,16H2,1-3H3. The molecule has 102 valence electrons. The molecule has 1 unspecified atom stereocenters. The Morgan fingerprint density at radius 2 is 1.95 bits per heavy atom. The van der Waals surface area contributed by atoms with Gasteiger partial charge in [0.2, 0.25) is 0 Å². The zero-order chi connectivity index (χ0) is 14.5. The lowest BCUT2D eigenvalue weighted by molar-refractivity contribution is -0.157. The van der Waals surface area contributed by atoms with Crippen LogP contribution in [0.5, 0.6) is 5.75 Å². The molecule has 0 saturated carbocycles. The number of esters is 1. The van der Waals surface area contributed by atoms with Crippen LogP contribution >= 0.6 is 0 Å². The van der Waals surface area contributed by atoms with E-state index < -0.39 is 17.6 Å². The fourth-order valence-corrected chi connectivity index (χ4v) is 1.26. The molecule has 0 radical (unpaired) electrons. The van der Waals surface area contributed by atoms with E-state index in [2.05, 4.69) is 0 Å². The highest BCUT2D eigenvalue weighted by molar-refractivity contribution is 5.76. The Morgan fingerprint density at radius 1 is 1.37 bits per heavy atom. The zero-order valence-electron chi connectivity index (χ0n) is 11.3. The zero-order valence-corrected chi connectivity index (χ0v) is 11.3. The predicted octanol–water partition coefficient (Wildman–Crippen LogP) is 1.61. The van der Waals surface area contributed by atoms with Crippen LogP contribution in [-0.4, -0.2) is 24.2 Å². The van der Waals surface area contributed by atoms with Crippen molar-refractivity contribution < 1.29 is 14.3 Å². The molecule has 0 aliphatic heterocycles. The van der Waals surface area contributed by atoms with Gasteiger partial charge in [-0.1, -0.05) is 0 Å². The number of nitrogens with zero attached hydrogens (tertiary/aromatic N) is 1. The summed E-state index contributed by atoms with van der Waals surface area (Å²) in [5.41, 5.74) is 5.66. The van der Waals surface area contributed by atoms with Gasteiger partial charge in [0.1, 0.15) is 24.0 Å². The van der Waals surface area contributed by atoms with Crippen molar-refractivity contribution in [2.75, 3.05) is 6.61 Å². The maximum Gasteiger partial charge on any atom is 0.326 e. The summed E-state index contributed by atoms with van der Waals surface area (Å²) in [7, 11) is 0. The summed E-state index contributed by atoms with van der Waals surface area (Å²) in [5.74, 6) is 0.0548. The molecule has 2 N–H and O–H groups in total. The number of benzene rings is 1. The van der Waals surface area contributed by atoms with Crippen molar-refractivity contribution in [1.29, 1.82) is 5.26 Å². The van der Waals surface area contributed by atoms with Gasteiger partial charge in [-0.2, -0.15) is 5.26 Å². The quantitative estimate of drug-likeness (QED) is 0.833. The van der Waals surface area contributed by atoms with Crippen LogP contribution in [0.15, 0.2) is 24.3 Å². The van der Waals surface area contributed by atoms with Gasteiger partial charge in [-0.05, 0) is 45.0 Å². The summed E-state index contributed by atoms with van der Waals surface area (Å²) >= 11 is 0. The van der Waals surface area contributed by atoms with Gasteiger partial charge < -0.3 is 15.2 Å². The molecule has 5 heteroatoms. The van der Waals surface area contributed by atoms with Crippen molar-refractivity contribution >= 4 is 5.97 Å². The molecule has 0 aliphatic rings. The van der Waals surface area contributed by atoms with E-state index in [1.54, 1.807) is 45.0 Å². The Morgan fingerprint density at radius 3 is 2.42 bits per heavy atom. The number of carbonyl (C=O) groups is 1. The van der Waals surface area contributed by atoms with E-state index in [1.807, 2.05) is 6.07 Å². The summed E-state index contributed by atoms with van der Waals surface area (Å²) in [6.45, 7) is 5.36. The Kier molecular flexibility index (Phi) is 4.90. The van der Waals surface area contributed by atoms with Crippen molar-refractivity contribution in [2.24, 2.45) is 5.73 Å². The number of carbonyl (C=O) groups excluding carboxylic acids is 1. The number of rotatable bonds is 4. The molecule has 0 fully saturated rings. The lowest BCUT2D eigenvalue weighted by Gasteiger charge is -2.22. The molecule has 0 aliphatic carbocycles. The van der Waals surface area contributed by atoms with Crippen molar-refractivity contribution in [3.8, 4) is 11.8 Å². The van der Waals surface area contributed by atoms with Gasteiger partial charge in [0.15, 0.2) is 0 Å². The van der Waals surface area contributed by atoms with Crippen LogP contribution in [0.2, 0.25) is 0 Å². The first-order chi connectivity index (χ1) is 8.81. The van der Waals surface area contributed by atoms with Crippen LogP contribution in [0.4, 0.5) is 0 Å². The molecule has 1 aromatic rings. The van der Waals surface area contributed by atoms with E-state index in [9.17, 15) is 4.79 Å². The first-order valence-electron chi connectivity index (χ1n) is 5.93. The second kappa shape index (κ2) is 6.21. The van der Waals surface area contributed by atoms with E-state index in [0.29, 0.717) is 11.3 Å². The summed E-state index contributed by atoms with van der Waals surface area (Å²) in [6, 6.07) is 7.74. The first-order valence-corrected chi connectivity index (χ1v) is 5.93. The maximum absolute atomic E-state index is 11.6. The second-order valence-electron chi connectivity index (χ2n) is 5.09. The third kappa shape index (κ3) is 5.40. The van der Waals surface area contributed by atoms with Gasteiger partial charge in [0, 0.05) is 0 Å². The van der Waals surface area contributed by atoms with Crippen molar-refractivity contribution in [2.45, 2.75) is 32.4 Å². The van der Waals surface area contributed by atoms with Crippen LogP contribution in [-0.2, 0) is 9.53 Å². The molecule has 0 saturated heterocycles. The molecule has 5 nitrogen and oxygen atoms in total. The van der Waals surface area contributed by atoms with Gasteiger partial charge in [-0.15, -0.1) is 0 Å². The third-order valence-corrected chi connectivity index (χ3v) is 2.12. The summed E-state index contributed by atoms with van der Waals surface area (Å²) in [5, 5.41) is 8.66. The maximum atomic E-state index is 11.6. The molecule has 0 spiro atoms. The molecular weight excluding hydrogens is 244 g/mol. The average Bonchev–Trinajstić information content (AvgIpc) is 2.34. The smallest absolute Gasteiger partial charge is 0.326 e. The molecule has 1 rings (SSSR count). The van der Waals surface area contributed by atoms with E-state index in [1.165, 1.54) is 0 Å². The van der Waals surface area contributed by atoms with Crippen LogP contribution in [0.3, 0.4) is 0 Å². The molecule has 0 heterocycles. The number of hydrogen-bond acceptors (Lipinski definition) is 5. The topological polar surface area (TPSA) is 85.3 Å². The number of nitriles is 1. The highest BCUT2D eigenvalue weighted by Crippen LogP contribution is 2.12. The lowest BCUT2D eigenvalue weighted by atomic mass is 10.2. The first kappa shape index (κ1) is 15.0. The molecule has 1 atom stereocenters. The Balaban J connectivity index is 2.47. The van der Waals surface area contributed by atoms with E-state index >= 15 is 0 Å². The van der Waals surface area contributed by atoms with Crippen LogP contribution in [0.25, 0.3) is 0 Å². The number of ether oxygens (including phenoxy) is 2. The Hall–Kier alpha value is -2.06. The molecule has 0 bridgehead atoms. The average molecular weight is 262 g/mol. The molecular formula is C14H18N2O3. The summed E-state index contributed by atoms with van der Waals surface area (Å²) in [4.78, 5) is 11.6. The number of nitrogens with two attached hydrogens (primary N) is 1. The monoisotopic (exact) mass is 262 g/mol. The Labute approximate surface area is 112 Å². The van der Waals surface area contributed by atoms with Crippen LogP contribution in [0, 0.1) is 11.3 Å². The highest BCUT2D eigenvalue weighted by Gasteiger charge is 2.22. The van der Waals surface area contributed by atoms with Gasteiger partial charge in [-0.3, -0.25) is 4.79 Å². The summed E-state index contributed by atoms with van der Waals surface area (Å²) in [6.07, 6.45) is 0. The SMILES string of the molecule is CC(C)(C)OC(=O)C(N)COc1ccc(C#N)cc1. The molecule has 19 heavy (non-hydrogen) atoms. The largest absolute Gasteiger partial charge is 0.491 e. The van der Waals surface area contributed by atoms with Crippen LogP contribution in [0.1, 0.15) is 26.3 Å². The highest BCUT2D eigenvalue weighted by atomic mass is 16.6. The number of hydrogen-bond donors (Lipinski definition) is 1. The van der Waals surface area contributed by atoms with E-state index in [4.69, 9.17) is 20.5 Å². The van der Waals surface area contributed by atoms with Gasteiger partial charge in [0.25, 0.3) is 0 Å². The van der Waals surface area contributed by atoms with Gasteiger partial charge in [0.05, 0.1) is 11.6 Å². The Bertz CT molecular complexity index is 469. The lowest BCUT2D eigenvalue weighted by Crippen LogP contribution is -2.41. The summed E-state index contributed by atoms with van der Waals surface area (Å²) < 4.78 is 10.5. The normalized spacial score (nSPS) is 12.4. The predicted molar refractivity (Wildman–Crippen MR) is 70.5 cm³/mol.